The van der Waals surface area contributed by atoms with Crippen molar-refractivity contribution in [2.75, 3.05) is 19.4 Å². The predicted octanol–water partition coefficient (Wildman–Crippen LogP) is 2.95. The lowest BCUT2D eigenvalue weighted by molar-refractivity contribution is 0.102. The number of anilines is 1. The van der Waals surface area contributed by atoms with E-state index in [0.717, 1.165) is 22.5 Å². The van der Waals surface area contributed by atoms with Gasteiger partial charge in [-0.05, 0) is 46.3 Å². The van der Waals surface area contributed by atoms with E-state index in [9.17, 15) is 30.4 Å². The van der Waals surface area contributed by atoms with E-state index in [2.05, 4.69) is 21.2 Å². The van der Waals surface area contributed by atoms with Crippen molar-refractivity contribution in [3.8, 4) is 0 Å². The number of nitrogens with zero attached hydrogens (tertiary/aromatic N) is 1. The fourth-order valence-electron chi connectivity index (χ4n) is 2.15. The molecule has 0 aliphatic heterocycles. The maximum atomic E-state index is 12.9. The molecule has 0 saturated carbocycles. The number of sulfone groups is 1. The molecule has 0 atom stereocenters. The summed E-state index contributed by atoms with van der Waals surface area (Å²) >= 11 is 3.10. The summed E-state index contributed by atoms with van der Waals surface area (Å²) in [6.45, 7) is 0. The van der Waals surface area contributed by atoms with Gasteiger partial charge in [0, 0.05) is 24.1 Å². The Balaban J connectivity index is 2.46. The number of rotatable bonds is 6. The molecule has 0 spiro atoms. The molecule has 0 fully saturated rings. The van der Waals surface area contributed by atoms with E-state index in [1.165, 1.54) is 38.4 Å². The van der Waals surface area contributed by atoms with Gasteiger partial charge in [0.2, 0.25) is 19.9 Å². The molecule has 1 N–H and O–H groups in total. The molecule has 152 valence electrons. The van der Waals surface area contributed by atoms with E-state index in [-0.39, 0.29) is 20.6 Å². The molecular weight excluding hydrogens is 482 g/mol. The predicted molar refractivity (Wildman–Crippen MR) is 103 cm³/mol. The van der Waals surface area contributed by atoms with Crippen molar-refractivity contribution in [2.45, 2.75) is 15.5 Å². The van der Waals surface area contributed by atoms with E-state index in [0.29, 0.717) is 0 Å². The summed E-state index contributed by atoms with van der Waals surface area (Å²) in [7, 11) is -6.17. The Morgan fingerprint density at radius 1 is 1.04 bits per heavy atom. The van der Waals surface area contributed by atoms with Crippen molar-refractivity contribution >= 4 is 47.4 Å². The largest absolute Gasteiger partial charge is 0.341 e. The summed E-state index contributed by atoms with van der Waals surface area (Å²) in [6, 6.07) is 8.45. The van der Waals surface area contributed by atoms with Crippen LogP contribution < -0.4 is 5.32 Å². The van der Waals surface area contributed by atoms with Crippen LogP contribution in [0, 0.1) is 0 Å². The fraction of sp³-hybridized carbons (Fsp3) is 0.188. The van der Waals surface area contributed by atoms with Crippen molar-refractivity contribution < 1.29 is 30.4 Å². The molecule has 0 heterocycles. The highest BCUT2D eigenvalue weighted by Gasteiger charge is 2.30. The highest BCUT2D eigenvalue weighted by atomic mass is 79.9. The Labute approximate surface area is 169 Å². The molecule has 0 aliphatic rings. The minimum atomic E-state index is -4.94. The van der Waals surface area contributed by atoms with E-state index >= 15 is 0 Å². The van der Waals surface area contributed by atoms with Gasteiger partial charge in [-0.1, -0.05) is 12.1 Å². The number of halogens is 3. The number of alkyl halides is 2. The highest BCUT2D eigenvalue weighted by Crippen LogP contribution is 2.28. The molecule has 1 amide bonds. The van der Waals surface area contributed by atoms with Crippen LogP contribution in [0.25, 0.3) is 0 Å². The van der Waals surface area contributed by atoms with Crippen LogP contribution in [0.5, 0.6) is 0 Å². The van der Waals surface area contributed by atoms with Crippen LogP contribution >= 0.6 is 15.9 Å². The number of carbonyl (C=O) groups is 1. The molecule has 12 heteroatoms. The zero-order chi connectivity index (χ0) is 21.3. The molecule has 0 saturated heterocycles. The molecule has 0 radical (unpaired) electrons. The Kier molecular flexibility index (Phi) is 6.58. The number of amides is 1. The summed E-state index contributed by atoms with van der Waals surface area (Å²) < 4.78 is 75.2. The third-order valence-corrected chi connectivity index (χ3v) is 7.88. The normalized spacial score (nSPS) is 12.4. The molecule has 28 heavy (non-hydrogen) atoms. The Bertz CT molecular complexity index is 1120. The summed E-state index contributed by atoms with van der Waals surface area (Å²) in [5, 5.41) is 2.24. The van der Waals surface area contributed by atoms with Crippen LogP contribution in [0.2, 0.25) is 0 Å². The van der Waals surface area contributed by atoms with Crippen molar-refractivity contribution in [2.24, 2.45) is 0 Å². The van der Waals surface area contributed by atoms with Crippen LogP contribution in [0.4, 0.5) is 14.5 Å². The maximum Gasteiger partial charge on any atom is 0.341 e. The summed E-state index contributed by atoms with van der Waals surface area (Å²) in [6.07, 6.45) is 0. The molecule has 2 aromatic rings. The van der Waals surface area contributed by atoms with Crippen molar-refractivity contribution in [3.05, 3.63) is 52.5 Å². The van der Waals surface area contributed by atoms with Crippen LogP contribution in [0.1, 0.15) is 10.4 Å². The molecule has 0 unspecified atom stereocenters. The molecular formula is C16H15BrF2N2O5S2. The van der Waals surface area contributed by atoms with Gasteiger partial charge in [-0.3, -0.25) is 4.79 Å². The van der Waals surface area contributed by atoms with E-state index in [1.807, 2.05) is 0 Å². The van der Waals surface area contributed by atoms with Gasteiger partial charge in [-0.15, -0.1) is 0 Å². The van der Waals surface area contributed by atoms with Gasteiger partial charge >= 0.3 is 5.76 Å². The second kappa shape index (κ2) is 8.23. The minimum absolute atomic E-state index is 0.104. The molecule has 2 rings (SSSR count). The van der Waals surface area contributed by atoms with Gasteiger partial charge in [0.25, 0.3) is 5.91 Å². The standard InChI is InChI=1S/C16H15BrF2N2O5S2/c1-21(2)28(25,26)14-9-10(7-8-11(14)17)15(22)20-12-5-3-4-6-13(12)27(23,24)16(18)19/h3-9,16H,1-2H3,(H,20,22). The van der Waals surface area contributed by atoms with E-state index in [1.54, 1.807) is 0 Å². The second-order valence-electron chi connectivity index (χ2n) is 5.69. The first-order chi connectivity index (χ1) is 12.9. The topological polar surface area (TPSA) is 101 Å². The van der Waals surface area contributed by atoms with Crippen LogP contribution in [-0.4, -0.2) is 46.9 Å². The number of para-hydroxylation sites is 1. The Hall–Kier alpha value is -1.89. The van der Waals surface area contributed by atoms with E-state index < -0.39 is 36.4 Å². The smallest absolute Gasteiger partial charge is 0.321 e. The molecule has 2 aromatic carbocycles. The first-order valence-corrected chi connectivity index (χ1v) is 11.3. The van der Waals surface area contributed by atoms with Crippen LogP contribution in [0.3, 0.4) is 0 Å². The summed E-state index contributed by atoms with van der Waals surface area (Å²) in [5.74, 6) is -4.52. The lowest BCUT2D eigenvalue weighted by Crippen LogP contribution is -2.23. The average Bonchev–Trinajstić information content (AvgIpc) is 2.61. The number of sulfonamides is 1. The third kappa shape index (κ3) is 4.40. The first-order valence-electron chi connectivity index (χ1n) is 7.53. The van der Waals surface area contributed by atoms with Gasteiger partial charge in [0.15, 0.2) is 0 Å². The number of hydrogen-bond donors (Lipinski definition) is 1. The Morgan fingerprint density at radius 3 is 2.21 bits per heavy atom. The maximum absolute atomic E-state index is 12.9. The number of carbonyl (C=O) groups excluding carboxylic acids is 1. The van der Waals surface area contributed by atoms with Crippen LogP contribution in [-0.2, 0) is 19.9 Å². The van der Waals surface area contributed by atoms with E-state index in [4.69, 9.17) is 0 Å². The van der Waals surface area contributed by atoms with Crippen molar-refractivity contribution in [3.63, 3.8) is 0 Å². The van der Waals surface area contributed by atoms with Gasteiger partial charge in [-0.2, -0.15) is 8.78 Å². The highest BCUT2D eigenvalue weighted by molar-refractivity contribution is 9.10. The third-order valence-electron chi connectivity index (χ3n) is 3.63. The van der Waals surface area contributed by atoms with Gasteiger partial charge in [0.05, 0.1) is 15.5 Å². The fourth-order valence-corrected chi connectivity index (χ4v) is 4.88. The molecule has 0 aliphatic carbocycles. The van der Waals surface area contributed by atoms with Gasteiger partial charge in [-0.25, -0.2) is 21.1 Å². The molecule has 0 aromatic heterocycles. The van der Waals surface area contributed by atoms with Gasteiger partial charge < -0.3 is 5.32 Å². The zero-order valence-electron chi connectivity index (χ0n) is 14.6. The molecule has 0 bridgehead atoms. The quantitative estimate of drug-likeness (QED) is 0.662. The average molecular weight is 497 g/mol. The van der Waals surface area contributed by atoms with Crippen molar-refractivity contribution in [1.82, 2.24) is 4.31 Å². The Morgan fingerprint density at radius 2 is 1.64 bits per heavy atom. The summed E-state index contributed by atoms with van der Waals surface area (Å²) in [4.78, 5) is 11.6. The second-order valence-corrected chi connectivity index (χ2v) is 10.5. The molecule has 7 nitrogen and oxygen atoms in total. The number of hydrogen-bond acceptors (Lipinski definition) is 5. The lowest BCUT2D eigenvalue weighted by atomic mass is 10.2. The number of nitrogens with one attached hydrogen (secondary N) is 1. The minimum Gasteiger partial charge on any atom is -0.321 e. The lowest BCUT2D eigenvalue weighted by Gasteiger charge is -2.15. The van der Waals surface area contributed by atoms with Gasteiger partial charge in [0.1, 0.15) is 0 Å². The monoisotopic (exact) mass is 496 g/mol. The first kappa shape index (κ1) is 22.4. The van der Waals surface area contributed by atoms with Crippen LogP contribution in [0.15, 0.2) is 56.7 Å². The number of benzene rings is 2. The zero-order valence-corrected chi connectivity index (χ0v) is 17.8. The summed E-state index contributed by atoms with van der Waals surface area (Å²) in [5.41, 5.74) is -0.444. The van der Waals surface area contributed by atoms with Crippen molar-refractivity contribution in [1.29, 1.82) is 0 Å². The SMILES string of the molecule is CN(C)S(=O)(=O)c1cc(C(=O)Nc2ccccc2S(=O)(=O)C(F)F)ccc1Br.